The van der Waals surface area contributed by atoms with Crippen molar-refractivity contribution in [3.63, 3.8) is 0 Å². The van der Waals surface area contributed by atoms with Gasteiger partial charge in [0.15, 0.2) is 5.13 Å². The van der Waals surface area contributed by atoms with Gasteiger partial charge in [0.05, 0.1) is 15.1 Å². The number of nitrogens with one attached hydrogen (secondary N) is 1. The molecule has 0 saturated carbocycles. The predicted molar refractivity (Wildman–Crippen MR) is 114 cm³/mol. The first-order valence-corrected chi connectivity index (χ1v) is 11.3. The zero-order valence-corrected chi connectivity index (χ0v) is 17.9. The summed E-state index contributed by atoms with van der Waals surface area (Å²) in [6, 6.07) is 10.5. The molecule has 0 spiro atoms. The van der Waals surface area contributed by atoms with E-state index in [0.717, 1.165) is 15.8 Å². The Hall–Kier alpha value is -2.29. The van der Waals surface area contributed by atoms with Crippen molar-refractivity contribution >= 4 is 42.6 Å². The van der Waals surface area contributed by atoms with E-state index in [1.54, 1.807) is 32.9 Å². The van der Waals surface area contributed by atoms with Crippen LogP contribution >= 0.6 is 11.3 Å². The summed E-state index contributed by atoms with van der Waals surface area (Å²) in [7, 11) is -3.63. The Balaban J connectivity index is 1.94. The molecule has 0 aliphatic carbocycles. The molecule has 1 amide bonds. The van der Waals surface area contributed by atoms with Crippen molar-refractivity contribution < 1.29 is 13.2 Å². The van der Waals surface area contributed by atoms with Crippen molar-refractivity contribution in [3.8, 4) is 0 Å². The highest BCUT2D eigenvalue weighted by molar-refractivity contribution is 7.89. The number of carbonyl (C=O) groups is 1. The number of carbonyl (C=O) groups excluding carboxylic acids is 1. The van der Waals surface area contributed by atoms with Crippen LogP contribution < -0.4 is 5.32 Å². The second-order valence-electron chi connectivity index (χ2n) is 6.46. The molecule has 0 unspecified atom stereocenters. The molecule has 148 valence electrons. The lowest BCUT2D eigenvalue weighted by atomic mass is 10.1. The molecule has 3 rings (SSSR count). The van der Waals surface area contributed by atoms with E-state index in [0.29, 0.717) is 29.3 Å². The second-order valence-corrected chi connectivity index (χ2v) is 9.43. The van der Waals surface area contributed by atoms with E-state index in [9.17, 15) is 13.2 Å². The molecule has 28 heavy (non-hydrogen) atoms. The lowest BCUT2D eigenvalue weighted by Gasteiger charge is -2.19. The van der Waals surface area contributed by atoms with Crippen molar-refractivity contribution in [2.75, 3.05) is 18.4 Å². The number of benzene rings is 2. The van der Waals surface area contributed by atoms with Gasteiger partial charge in [-0.2, -0.15) is 4.31 Å². The number of sulfonamides is 1. The smallest absolute Gasteiger partial charge is 0.257 e. The van der Waals surface area contributed by atoms with Gasteiger partial charge in [-0.3, -0.25) is 10.1 Å². The zero-order valence-electron chi connectivity index (χ0n) is 16.3. The van der Waals surface area contributed by atoms with E-state index in [1.165, 1.54) is 21.7 Å². The average molecular weight is 418 g/mol. The summed E-state index contributed by atoms with van der Waals surface area (Å²) < 4.78 is 27.9. The maximum Gasteiger partial charge on any atom is 0.257 e. The fraction of sp³-hybridized carbons (Fsp3) is 0.300. The third-order valence-electron chi connectivity index (χ3n) is 4.64. The van der Waals surface area contributed by atoms with Gasteiger partial charge in [-0.15, -0.1) is 0 Å². The third kappa shape index (κ3) is 3.80. The van der Waals surface area contributed by atoms with Gasteiger partial charge < -0.3 is 0 Å². The van der Waals surface area contributed by atoms with Crippen LogP contribution in [0, 0.1) is 13.8 Å². The number of para-hydroxylation sites is 1. The molecule has 0 aliphatic heterocycles. The molecule has 0 bridgehead atoms. The highest BCUT2D eigenvalue weighted by Crippen LogP contribution is 2.28. The minimum absolute atomic E-state index is 0.118. The third-order valence-corrected chi connectivity index (χ3v) is 7.62. The van der Waals surface area contributed by atoms with Crippen LogP contribution in [0.2, 0.25) is 0 Å². The highest BCUT2D eigenvalue weighted by Gasteiger charge is 2.23. The van der Waals surface area contributed by atoms with Crippen molar-refractivity contribution in [3.05, 3.63) is 53.1 Å². The van der Waals surface area contributed by atoms with Crippen LogP contribution in [0.1, 0.15) is 35.3 Å². The van der Waals surface area contributed by atoms with Gasteiger partial charge in [-0.25, -0.2) is 13.4 Å². The Morgan fingerprint density at radius 2 is 1.82 bits per heavy atom. The van der Waals surface area contributed by atoms with Crippen LogP contribution in [-0.4, -0.2) is 36.7 Å². The Labute approximate surface area is 169 Å². The van der Waals surface area contributed by atoms with Gasteiger partial charge in [0.1, 0.15) is 0 Å². The minimum atomic E-state index is -3.63. The Morgan fingerprint density at radius 3 is 2.46 bits per heavy atom. The molecule has 3 aromatic rings. The maximum absolute atomic E-state index is 12.8. The molecular formula is C20H23N3O3S2. The van der Waals surface area contributed by atoms with Gasteiger partial charge in [0.2, 0.25) is 10.0 Å². The van der Waals surface area contributed by atoms with Gasteiger partial charge in [-0.05, 0) is 43.2 Å². The molecular weight excluding hydrogens is 394 g/mol. The van der Waals surface area contributed by atoms with Crippen LogP contribution in [0.25, 0.3) is 10.2 Å². The number of amides is 1. The highest BCUT2D eigenvalue weighted by atomic mass is 32.2. The number of rotatable bonds is 6. The van der Waals surface area contributed by atoms with E-state index in [-0.39, 0.29) is 10.8 Å². The van der Waals surface area contributed by atoms with E-state index in [1.807, 2.05) is 25.1 Å². The van der Waals surface area contributed by atoms with Gasteiger partial charge in [0, 0.05) is 18.7 Å². The van der Waals surface area contributed by atoms with E-state index in [2.05, 4.69) is 10.3 Å². The molecule has 8 heteroatoms. The molecule has 0 radical (unpaired) electrons. The number of nitrogens with zero attached hydrogens (tertiary/aromatic N) is 2. The minimum Gasteiger partial charge on any atom is -0.298 e. The number of hydrogen-bond acceptors (Lipinski definition) is 5. The molecule has 0 atom stereocenters. The number of thiazole rings is 1. The van der Waals surface area contributed by atoms with Crippen LogP contribution in [0.3, 0.4) is 0 Å². The predicted octanol–water partition coefficient (Wildman–Crippen LogP) is 4.20. The van der Waals surface area contributed by atoms with Crippen LogP contribution in [-0.2, 0) is 10.0 Å². The summed E-state index contributed by atoms with van der Waals surface area (Å²) in [5.74, 6) is -0.370. The summed E-state index contributed by atoms with van der Waals surface area (Å²) in [5, 5.41) is 3.30. The fourth-order valence-corrected chi connectivity index (χ4v) is 5.45. The van der Waals surface area contributed by atoms with Crippen LogP contribution in [0.4, 0.5) is 5.13 Å². The molecule has 1 N–H and O–H groups in total. The number of hydrogen-bond donors (Lipinski definition) is 1. The Morgan fingerprint density at radius 1 is 1.11 bits per heavy atom. The van der Waals surface area contributed by atoms with Gasteiger partial charge in [-0.1, -0.05) is 43.4 Å². The van der Waals surface area contributed by atoms with Crippen molar-refractivity contribution in [2.24, 2.45) is 0 Å². The first kappa shape index (κ1) is 20.4. The molecule has 1 heterocycles. The number of aromatic nitrogens is 1. The fourth-order valence-electron chi connectivity index (χ4n) is 3.02. The quantitative estimate of drug-likeness (QED) is 0.652. The van der Waals surface area contributed by atoms with Crippen molar-refractivity contribution in [1.82, 2.24) is 9.29 Å². The Kier molecular flexibility index (Phi) is 5.83. The normalized spacial score (nSPS) is 11.9. The SMILES string of the molecule is CCN(CC)S(=O)(=O)c1ccc(C)c(C(=O)Nc2nc3c(C)cccc3s2)c1. The number of aryl methyl sites for hydroxylation is 2. The molecule has 2 aromatic carbocycles. The maximum atomic E-state index is 12.8. The summed E-state index contributed by atoms with van der Waals surface area (Å²) in [6.45, 7) is 8.08. The standard InChI is InChI=1S/C20H23N3O3S2/c1-5-23(6-2)28(25,26)15-11-10-13(3)16(12-15)19(24)22-20-21-18-14(4)8-7-9-17(18)27-20/h7-12H,5-6H2,1-4H3,(H,21,22,24). The van der Waals surface area contributed by atoms with Crippen molar-refractivity contribution in [2.45, 2.75) is 32.6 Å². The zero-order chi connectivity index (χ0) is 20.5. The van der Waals surface area contributed by atoms with E-state index >= 15 is 0 Å². The number of fused-ring (bicyclic) bond motifs is 1. The molecule has 0 fully saturated rings. The molecule has 6 nitrogen and oxygen atoms in total. The monoisotopic (exact) mass is 417 g/mol. The van der Waals surface area contributed by atoms with E-state index in [4.69, 9.17) is 0 Å². The molecule has 0 aliphatic rings. The first-order chi connectivity index (χ1) is 13.3. The lowest BCUT2D eigenvalue weighted by Crippen LogP contribution is -2.30. The summed E-state index contributed by atoms with van der Waals surface area (Å²) in [5.41, 5.74) is 2.92. The van der Waals surface area contributed by atoms with Crippen LogP contribution in [0.15, 0.2) is 41.3 Å². The van der Waals surface area contributed by atoms with Gasteiger partial charge in [0.25, 0.3) is 5.91 Å². The lowest BCUT2D eigenvalue weighted by molar-refractivity contribution is 0.102. The molecule has 0 saturated heterocycles. The van der Waals surface area contributed by atoms with Gasteiger partial charge >= 0.3 is 0 Å². The molecule has 1 aromatic heterocycles. The Bertz CT molecular complexity index is 1130. The largest absolute Gasteiger partial charge is 0.298 e. The first-order valence-electron chi connectivity index (χ1n) is 9.06. The van der Waals surface area contributed by atoms with Crippen molar-refractivity contribution in [1.29, 1.82) is 0 Å². The van der Waals surface area contributed by atoms with Crippen LogP contribution in [0.5, 0.6) is 0 Å². The average Bonchev–Trinajstić information content (AvgIpc) is 3.06. The van der Waals surface area contributed by atoms with E-state index < -0.39 is 10.0 Å². The summed E-state index contributed by atoms with van der Waals surface area (Å²) in [4.78, 5) is 17.4. The second kappa shape index (κ2) is 7.98. The number of anilines is 1. The topological polar surface area (TPSA) is 79.4 Å². The summed E-state index contributed by atoms with van der Waals surface area (Å²) in [6.07, 6.45) is 0. The summed E-state index contributed by atoms with van der Waals surface area (Å²) >= 11 is 1.39.